The fourth-order valence-electron chi connectivity index (χ4n) is 2.16. The molecule has 2 N–H and O–H groups in total. The van der Waals surface area contributed by atoms with Crippen LogP contribution >= 0.6 is 38.9 Å². The average molecular weight is 424 g/mol. The van der Waals surface area contributed by atoms with Crippen LogP contribution in [0.15, 0.2) is 46.0 Å². The van der Waals surface area contributed by atoms with Gasteiger partial charge in [0.2, 0.25) is 0 Å². The number of carbonyl (C=O) groups excluding carboxylic acids is 1. The van der Waals surface area contributed by atoms with Crippen molar-refractivity contribution < 1.29 is 9.90 Å². The molecule has 0 atom stereocenters. The molecule has 0 bridgehead atoms. The minimum atomic E-state index is -0.385. The first-order valence-corrected chi connectivity index (χ1v) is 8.95. The molecule has 0 fully saturated rings. The predicted octanol–water partition coefficient (Wildman–Crippen LogP) is 5.10. The first-order valence-electron chi connectivity index (χ1n) is 6.96. The van der Waals surface area contributed by atoms with E-state index in [2.05, 4.69) is 26.5 Å². The SMILES string of the molecule is Cc1ccc2c(Cl)c(C(=O)NN=Cc3cc(Br)ccc3O)sc2c1. The molecule has 0 saturated carbocycles. The van der Waals surface area contributed by atoms with Gasteiger partial charge in [0.05, 0.1) is 11.2 Å². The van der Waals surface area contributed by atoms with Crippen LogP contribution in [0.1, 0.15) is 20.8 Å². The number of nitrogens with zero attached hydrogens (tertiary/aromatic N) is 1. The van der Waals surface area contributed by atoms with E-state index in [0.29, 0.717) is 15.5 Å². The van der Waals surface area contributed by atoms with Gasteiger partial charge in [0.25, 0.3) is 5.91 Å². The van der Waals surface area contributed by atoms with Gasteiger partial charge in [-0.05, 0) is 36.8 Å². The highest BCUT2D eigenvalue weighted by molar-refractivity contribution is 9.10. The van der Waals surface area contributed by atoms with Crippen molar-refractivity contribution in [2.24, 2.45) is 5.10 Å². The smallest absolute Gasteiger partial charge is 0.283 e. The first kappa shape index (κ1) is 17.0. The number of thiophene rings is 1. The molecule has 1 aromatic heterocycles. The van der Waals surface area contributed by atoms with Crippen LogP contribution < -0.4 is 5.43 Å². The Morgan fingerprint density at radius 1 is 1.33 bits per heavy atom. The fourth-order valence-corrected chi connectivity index (χ4v) is 4.04. The monoisotopic (exact) mass is 422 g/mol. The second-order valence-corrected chi connectivity index (χ2v) is 7.49. The summed E-state index contributed by atoms with van der Waals surface area (Å²) < 4.78 is 1.76. The van der Waals surface area contributed by atoms with Gasteiger partial charge in [-0.15, -0.1) is 11.3 Å². The van der Waals surface area contributed by atoms with E-state index in [9.17, 15) is 9.90 Å². The van der Waals surface area contributed by atoms with Crippen LogP contribution in [0.25, 0.3) is 10.1 Å². The molecule has 4 nitrogen and oxygen atoms in total. The van der Waals surface area contributed by atoms with Crippen LogP contribution in [0.2, 0.25) is 5.02 Å². The van der Waals surface area contributed by atoms with E-state index >= 15 is 0 Å². The van der Waals surface area contributed by atoms with Crippen LogP contribution in [0.3, 0.4) is 0 Å². The number of hydrazone groups is 1. The molecule has 0 saturated heterocycles. The van der Waals surface area contributed by atoms with Crippen molar-refractivity contribution in [1.29, 1.82) is 0 Å². The maximum atomic E-state index is 12.3. The number of fused-ring (bicyclic) bond motifs is 1. The third-order valence-corrected chi connectivity index (χ3v) is 5.50. The number of carbonyl (C=O) groups is 1. The topological polar surface area (TPSA) is 61.7 Å². The zero-order valence-electron chi connectivity index (χ0n) is 12.5. The van der Waals surface area contributed by atoms with Crippen LogP contribution in [0, 0.1) is 6.92 Å². The van der Waals surface area contributed by atoms with E-state index in [4.69, 9.17) is 11.6 Å². The fraction of sp³-hybridized carbons (Fsp3) is 0.0588. The molecule has 0 unspecified atom stereocenters. The largest absolute Gasteiger partial charge is 0.507 e. The number of phenols is 1. The van der Waals surface area contributed by atoms with Crippen LogP contribution in [-0.2, 0) is 0 Å². The zero-order chi connectivity index (χ0) is 17.3. The maximum Gasteiger partial charge on any atom is 0.283 e. The number of aryl methyl sites for hydroxylation is 1. The molecule has 2 aromatic carbocycles. The molecular weight excluding hydrogens is 412 g/mol. The second kappa shape index (κ2) is 6.93. The molecule has 0 aliphatic heterocycles. The number of benzene rings is 2. The normalized spacial score (nSPS) is 11.3. The quantitative estimate of drug-likeness (QED) is 0.455. The predicted molar refractivity (Wildman–Crippen MR) is 102 cm³/mol. The molecule has 0 aliphatic carbocycles. The standard InChI is InChI=1S/C17H12BrClN2O2S/c1-9-2-4-12-14(6-9)24-16(15(12)19)17(23)21-20-8-10-7-11(18)3-5-13(10)22/h2-8,22H,1H3,(H,21,23). The van der Waals surface area contributed by atoms with Gasteiger partial charge in [-0.3, -0.25) is 4.79 Å². The zero-order valence-corrected chi connectivity index (χ0v) is 15.7. The summed E-state index contributed by atoms with van der Waals surface area (Å²) in [5.74, 6) is -0.309. The summed E-state index contributed by atoms with van der Waals surface area (Å²) in [4.78, 5) is 12.7. The van der Waals surface area contributed by atoms with Gasteiger partial charge in [-0.2, -0.15) is 5.10 Å². The molecule has 122 valence electrons. The Bertz CT molecular complexity index is 969. The lowest BCUT2D eigenvalue weighted by Gasteiger charge is -2.00. The van der Waals surface area contributed by atoms with Crippen LogP contribution in [-0.4, -0.2) is 17.2 Å². The van der Waals surface area contributed by atoms with E-state index in [1.807, 2.05) is 25.1 Å². The summed E-state index contributed by atoms with van der Waals surface area (Å²) in [6.45, 7) is 1.99. The molecule has 0 aliphatic rings. The van der Waals surface area contributed by atoms with Gasteiger partial charge in [-0.25, -0.2) is 5.43 Å². The first-order chi connectivity index (χ1) is 11.5. The number of nitrogens with one attached hydrogen (secondary N) is 1. The number of rotatable bonds is 3. The number of hydrogen-bond acceptors (Lipinski definition) is 4. The third-order valence-electron chi connectivity index (χ3n) is 3.35. The van der Waals surface area contributed by atoms with Gasteiger partial charge in [0, 0.05) is 20.1 Å². The molecule has 1 amide bonds. The lowest BCUT2D eigenvalue weighted by atomic mass is 10.2. The Balaban J connectivity index is 1.81. The highest BCUT2D eigenvalue weighted by Crippen LogP contribution is 2.35. The Labute approximate surface area is 155 Å². The molecule has 3 rings (SSSR count). The Morgan fingerprint density at radius 3 is 2.92 bits per heavy atom. The van der Waals surface area contributed by atoms with Gasteiger partial charge in [-0.1, -0.05) is 39.7 Å². The van der Waals surface area contributed by atoms with Gasteiger partial charge in [0.1, 0.15) is 10.6 Å². The molecule has 3 aromatic rings. The number of phenolic OH excluding ortho intramolecular Hbond substituents is 1. The summed E-state index contributed by atoms with van der Waals surface area (Å²) in [5, 5.41) is 14.9. The Morgan fingerprint density at radius 2 is 2.12 bits per heavy atom. The summed E-state index contributed by atoms with van der Waals surface area (Å²) in [5.41, 5.74) is 4.04. The molecule has 0 spiro atoms. The van der Waals surface area contributed by atoms with Crippen molar-refractivity contribution >= 4 is 61.1 Å². The van der Waals surface area contributed by atoms with E-state index in [0.717, 1.165) is 20.1 Å². The second-order valence-electron chi connectivity index (χ2n) is 5.15. The molecular formula is C17H12BrClN2O2S. The van der Waals surface area contributed by atoms with Crippen molar-refractivity contribution in [2.45, 2.75) is 6.92 Å². The van der Waals surface area contributed by atoms with Crippen molar-refractivity contribution in [3.63, 3.8) is 0 Å². The van der Waals surface area contributed by atoms with Crippen LogP contribution in [0.5, 0.6) is 5.75 Å². The lowest BCUT2D eigenvalue weighted by molar-refractivity contribution is 0.0959. The third kappa shape index (κ3) is 3.45. The molecule has 7 heteroatoms. The highest BCUT2D eigenvalue weighted by Gasteiger charge is 2.16. The lowest BCUT2D eigenvalue weighted by Crippen LogP contribution is -2.16. The molecule has 0 radical (unpaired) electrons. The minimum absolute atomic E-state index is 0.0755. The van der Waals surface area contributed by atoms with E-state index in [1.165, 1.54) is 17.6 Å². The summed E-state index contributed by atoms with van der Waals surface area (Å²) in [6.07, 6.45) is 1.38. The van der Waals surface area contributed by atoms with Crippen molar-refractivity contribution in [2.75, 3.05) is 0 Å². The number of halogens is 2. The number of hydrogen-bond donors (Lipinski definition) is 2. The minimum Gasteiger partial charge on any atom is -0.507 e. The van der Waals surface area contributed by atoms with E-state index in [1.54, 1.807) is 18.2 Å². The number of aromatic hydroxyl groups is 1. The van der Waals surface area contributed by atoms with Gasteiger partial charge < -0.3 is 5.11 Å². The number of amides is 1. The van der Waals surface area contributed by atoms with Gasteiger partial charge in [0.15, 0.2) is 0 Å². The highest BCUT2D eigenvalue weighted by atomic mass is 79.9. The molecule has 24 heavy (non-hydrogen) atoms. The van der Waals surface area contributed by atoms with Gasteiger partial charge >= 0.3 is 0 Å². The Hall–Kier alpha value is -1.89. The van der Waals surface area contributed by atoms with Crippen LogP contribution in [0.4, 0.5) is 0 Å². The average Bonchev–Trinajstić information content (AvgIpc) is 2.87. The van der Waals surface area contributed by atoms with Crippen molar-refractivity contribution in [3.05, 3.63) is 61.9 Å². The van der Waals surface area contributed by atoms with Crippen molar-refractivity contribution in [1.82, 2.24) is 5.43 Å². The Kier molecular flexibility index (Phi) is 4.89. The van der Waals surface area contributed by atoms with E-state index < -0.39 is 0 Å². The molecule has 1 heterocycles. The summed E-state index contributed by atoms with van der Waals surface area (Å²) in [6, 6.07) is 10.8. The maximum absolute atomic E-state index is 12.3. The van der Waals surface area contributed by atoms with Crippen molar-refractivity contribution in [3.8, 4) is 5.75 Å². The van der Waals surface area contributed by atoms with E-state index in [-0.39, 0.29) is 11.7 Å². The summed E-state index contributed by atoms with van der Waals surface area (Å²) >= 11 is 10.9. The summed E-state index contributed by atoms with van der Waals surface area (Å²) in [7, 11) is 0.